The maximum Gasteiger partial charge on any atom is 0.338 e. The fourth-order valence-corrected chi connectivity index (χ4v) is 3.60. The van der Waals surface area contributed by atoms with Gasteiger partial charge in [0.1, 0.15) is 12.7 Å². The Kier molecular flexibility index (Phi) is 7.15. The Labute approximate surface area is 192 Å². The van der Waals surface area contributed by atoms with Gasteiger partial charge in [-0.3, -0.25) is 0 Å². The Morgan fingerprint density at radius 3 is 1.64 bits per heavy atom. The van der Waals surface area contributed by atoms with Gasteiger partial charge in [0.2, 0.25) is 0 Å². The highest BCUT2D eigenvalue weighted by Crippen LogP contribution is 2.43. The molecule has 168 valence electrons. The van der Waals surface area contributed by atoms with Crippen molar-refractivity contribution in [1.82, 2.24) is 0 Å². The lowest BCUT2D eigenvalue weighted by Crippen LogP contribution is -2.28. The van der Waals surface area contributed by atoms with Crippen LogP contribution < -0.4 is 0 Å². The third-order valence-corrected chi connectivity index (χ3v) is 5.55. The minimum Gasteiger partial charge on any atom is -0.462 e. The molecule has 6 nitrogen and oxygen atoms in total. The molecule has 0 spiro atoms. The van der Waals surface area contributed by atoms with E-state index >= 15 is 0 Å². The zero-order valence-corrected chi connectivity index (χ0v) is 18.0. The molecule has 0 unspecified atom stereocenters. The Balaban J connectivity index is 1.36. The van der Waals surface area contributed by atoms with Crippen molar-refractivity contribution in [2.45, 2.75) is 12.5 Å². The van der Waals surface area contributed by atoms with Gasteiger partial charge in [-0.2, -0.15) is 0 Å². The summed E-state index contributed by atoms with van der Waals surface area (Å²) in [5.74, 6) is -1.39. The van der Waals surface area contributed by atoms with Crippen LogP contribution in [0.15, 0.2) is 91.0 Å². The van der Waals surface area contributed by atoms with Crippen LogP contribution in [0.2, 0.25) is 0 Å². The maximum atomic E-state index is 12.6. The molecule has 0 saturated heterocycles. The summed E-state index contributed by atoms with van der Waals surface area (Å²) >= 11 is 0. The summed E-state index contributed by atoms with van der Waals surface area (Å²) in [4.78, 5) is 37.2. The first-order chi connectivity index (χ1) is 16.1. The number of carbonyl (C=O) groups excluding carboxylic acids is 3. The van der Waals surface area contributed by atoms with E-state index in [1.165, 1.54) is 0 Å². The molecule has 0 bridgehead atoms. The number of esters is 3. The van der Waals surface area contributed by atoms with E-state index in [0.29, 0.717) is 23.1 Å². The standard InChI is InChI=1S/C27H24O6/c28-25(19-10-4-1-5-11-19)31-17-22-16-23(22)24(33-27(30)21-14-8-3-9-15-21)18-32-26(29)20-12-6-2-7-13-20/h1-15,22-24H,16-18H2/t22-,23+,24-/m0/s1. The molecule has 0 radical (unpaired) electrons. The SMILES string of the molecule is O=C(OC[C@@H]1C[C@H]1[C@H](COC(=O)c1ccccc1)OC(=O)c1ccccc1)c1ccccc1. The van der Waals surface area contributed by atoms with E-state index < -0.39 is 24.0 Å². The van der Waals surface area contributed by atoms with E-state index in [1.54, 1.807) is 72.8 Å². The first kappa shape index (κ1) is 22.3. The van der Waals surface area contributed by atoms with E-state index in [1.807, 2.05) is 18.2 Å². The van der Waals surface area contributed by atoms with E-state index in [-0.39, 0.29) is 25.0 Å². The van der Waals surface area contributed by atoms with Crippen molar-refractivity contribution in [3.05, 3.63) is 108 Å². The van der Waals surface area contributed by atoms with Crippen LogP contribution in [0, 0.1) is 11.8 Å². The lowest BCUT2D eigenvalue weighted by molar-refractivity contribution is -0.00991. The molecule has 3 aromatic rings. The Bertz CT molecular complexity index is 1080. The van der Waals surface area contributed by atoms with Gasteiger partial charge in [0, 0.05) is 11.8 Å². The summed E-state index contributed by atoms with van der Waals surface area (Å²) in [6.45, 7) is 0.143. The predicted molar refractivity (Wildman–Crippen MR) is 121 cm³/mol. The van der Waals surface area contributed by atoms with E-state index in [4.69, 9.17) is 14.2 Å². The van der Waals surface area contributed by atoms with Crippen LogP contribution in [0.3, 0.4) is 0 Å². The molecule has 0 amide bonds. The van der Waals surface area contributed by atoms with Gasteiger partial charge in [0.05, 0.1) is 23.3 Å². The summed E-state index contributed by atoms with van der Waals surface area (Å²) in [6, 6.07) is 26.1. The van der Waals surface area contributed by atoms with Gasteiger partial charge in [-0.15, -0.1) is 0 Å². The number of carbonyl (C=O) groups is 3. The number of ether oxygens (including phenoxy) is 3. The van der Waals surface area contributed by atoms with Gasteiger partial charge in [-0.25, -0.2) is 14.4 Å². The van der Waals surface area contributed by atoms with Gasteiger partial charge >= 0.3 is 17.9 Å². The minimum atomic E-state index is -0.634. The van der Waals surface area contributed by atoms with Crippen molar-refractivity contribution >= 4 is 17.9 Å². The molecule has 1 aliphatic rings. The van der Waals surface area contributed by atoms with Crippen LogP contribution in [0.1, 0.15) is 37.5 Å². The molecule has 33 heavy (non-hydrogen) atoms. The van der Waals surface area contributed by atoms with Crippen LogP contribution in [0.25, 0.3) is 0 Å². The van der Waals surface area contributed by atoms with Crippen molar-refractivity contribution in [1.29, 1.82) is 0 Å². The summed E-state index contributed by atoms with van der Waals surface area (Å²) in [5.41, 5.74) is 1.33. The zero-order valence-electron chi connectivity index (χ0n) is 18.0. The second-order valence-electron chi connectivity index (χ2n) is 7.90. The second kappa shape index (κ2) is 10.6. The van der Waals surface area contributed by atoms with Gasteiger partial charge in [0.15, 0.2) is 0 Å². The third kappa shape index (κ3) is 6.07. The minimum absolute atomic E-state index is 0.0293. The maximum absolute atomic E-state index is 12.6. The molecule has 3 aromatic carbocycles. The average molecular weight is 444 g/mol. The quantitative estimate of drug-likeness (QED) is 0.356. The number of hydrogen-bond donors (Lipinski definition) is 0. The lowest BCUT2D eigenvalue weighted by Gasteiger charge is -2.18. The highest BCUT2D eigenvalue weighted by atomic mass is 16.6. The molecule has 6 heteroatoms. The van der Waals surface area contributed by atoms with E-state index in [2.05, 4.69) is 0 Å². The summed E-state index contributed by atoms with van der Waals surface area (Å²) in [5, 5.41) is 0. The molecule has 0 aromatic heterocycles. The van der Waals surface area contributed by atoms with Crippen LogP contribution >= 0.6 is 0 Å². The number of hydrogen-bond acceptors (Lipinski definition) is 6. The van der Waals surface area contributed by atoms with Crippen molar-refractivity contribution in [2.24, 2.45) is 11.8 Å². The molecule has 1 aliphatic carbocycles. The smallest absolute Gasteiger partial charge is 0.338 e. The fourth-order valence-electron chi connectivity index (χ4n) is 3.60. The van der Waals surface area contributed by atoms with Gasteiger partial charge in [-0.05, 0) is 42.8 Å². The fraction of sp³-hybridized carbons (Fsp3) is 0.222. The predicted octanol–water partition coefficient (Wildman–Crippen LogP) is 4.56. The summed E-state index contributed by atoms with van der Waals surface area (Å²) in [7, 11) is 0. The molecule has 4 rings (SSSR count). The summed E-state index contributed by atoms with van der Waals surface area (Å²) in [6.07, 6.45) is 0.0725. The Morgan fingerprint density at radius 1 is 0.667 bits per heavy atom. The van der Waals surface area contributed by atoms with Crippen molar-refractivity contribution in [3.8, 4) is 0 Å². The topological polar surface area (TPSA) is 78.9 Å². The molecular weight excluding hydrogens is 420 g/mol. The van der Waals surface area contributed by atoms with Crippen LogP contribution in [0.5, 0.6) is 0 Å². The molecule has 1 fully saturated rings. The number of rotatable bonds is 9. The highest BCUT2D eigenvalue weighted by molar-refractivity contribution is 5.90. The van der Waals surface area contributed by atoms with E-state index in [0.717, 1.165) is 0 Å². The van der Waals surface area contributed by atoms with Crippen LogP contribution in [-0.4, -0.2) is 37.2 Å². The Hall–Kier alpha value is -3.93. The zero-order chi connectivity index (χ0) is 23.0. The molecule has 0 aliphatic heterocycles. The highest BCUT2D eigenvalue weighted by Gasteiger charge is 2.46. The first-order valence-corrected chi connectivity index (χ1v) is 10.8. The second-order valence-corrected chi connectivity index (χ2v) is 7.90. The molecule has 1 saturated carbocycles. The summed E-state index contributed by atoms with van der Waals surface area (Å²) < 4.78 is 16.6. The van der Waals surface area contributed by atoms with E-state index in [9.17, 15) is 14.4 Å². The van der Waals surface area contributed by atoms with Crippen LogP contribution in [-0.2, 0) is 14.2 Å². The molecule has 3 atom stereocenters. The molecular formula is C27H24O6. The average Bonchev–Trinajstić information content (AvgIpc) is 3.66. The van der Waals surface area contributed by atoms with Crippen molar-refractivity contribution < 1.29 is 28.6 Å². The van der Waals surface area contributed by atoms with Crippen molar-refractivity contribution in [3.63, 3.8) is 0 Å². The van der Waals surface area contributed by atoms with Gasteiger partial charge < -0.3 is 14.2 Å². The largest absolute Gasteiger partial charge is 0.462 e. The van der Waals surface area contributed by atoms with Gasteiger partial charge in [-0.1, -0.05) is 54.6 Å². The monoisotopic (exact) mass is 444 g/mol. The van der Waals surface area contributed by atoms with Gasteiger partial charge in [0.25, 0.3) is 0 Å². The third-order valence-electron chi connectivity index (χ3n) is 5.55. The Morgan fingerprint density at radius 2 is 1.12 bits per heavy atom. The molecule has 0 heterocycles. The first-order valence-electron chi connectivity index (χ1n) is 10.8. The molecule has 0 N–H and O–H groups in total. The van der Waals surface area contributed by atoms with Crippen LogP contribution in [0.4, 0.5) is 0 Å². The number of benzene rings is 3. The lowest BCUT2D eigenvalue weighted by atomic mass is 10.2. The normalized spacial score (nSPS) is 17.5. The van der Waals surface area contributed by atoms with Crippen molar-refractivity contribution in [2.75, 3.05) is 13.2 Å².